The van der Waals surface area contributed by atoms with Crippen LogP contribution in [-0.2, 0) is 11.2 Å². The zero-order valence-corrected chi connectivity index (χ0v) is 9.37. The van der Waals surface area contributed by atoms with Crippen LogP contribution in [0.4, 0.5) is 0 Å². The minimum atomic E-state index is 0.189. The van der Waals surface area contributed by atoms with E-state index in [1.807, 2.05) is 18.2 Å². The van der Waals surface area contributed by atoms with Gasteiger partial charge in [0.1, 0.15) is 5.75 Å². The highest BCUT2D eigenvalue weighted by molar-refractivity contribution is 9.10. The molecule has 0 N–H and O–H groups in total. The second-order valence-corrected chi connectivity index (χ2v) is 3.55. The van der Waals surface area contributed by atoms with Crippen molar-refractivity contribution in [2.75, 3.05) is 13.9 Å². The fraction of sp³-hybridized carbons (Fsp3) is 0.300. The highest BCUT2D eigenvalue weighted by Gasteiger charge is 2.03. The third-order valence-corrected chi connectivity index (χ3v) is 2.12. The van der Waals surface area contributed by atoms with Crippen molar-refractivity contribution in [1.82, 2.24) is 0 Å². The van der Waals surface area contributed by atoms with Crippen molar-refractivity contribution in [1.29, 1.82) is 5.26 Å². The number of methoxy groups -OCH3 is 1. The molecule has 0 bridgehead atoms. The summed E-state index contributed by atoms with van der Waals surface area (Å²) in [5, 5.41) is 8.59. The summed E-state index contributed by atoms with van der Waals surface area (Å²) in [6.07, 6.45) is 0.340. The summed E-state index contributed by atoms with van der Waals surface area (Å²) in [5.41, 5.74) is 0.868. The second kappa shape index (κ2) is 5.63. The van der Waals surface area contributed by atoms with Crippen LogP contribution in [0, 0.1) is 11.3 Å². The van der Waals surface area contributed by atoms with Crippen molar-refractivity contribution in [3.63, 3.8) is 0 Å². The lowest BCUT2D eigenvalue weighted by Crippen LogP contribution is -2.01. The summed E-state index contributed by atoms with van der Waals surface area (Å²) in [6, 6.07) is 7.65. The molecule has 0 saturated carbocycles. The maximum Gasteiger partial charge on any atom is 0.188 e. The van der Waals surface area contributed by atoms with Gasteiger partial charge in [-0.2, -0.15) is 5.26 Å². The summed E-state index contributed by atoms with van der Waals surface area (Å²) in [6.45, 7) is 0.189. The maximum atomic E-state index is 8.59. The molecule has 14 heavy (non-hydrogen) atoms. The summed E-state index contributed by atoms with van der Waals surface area (Å²) < 4.78 is 11.0. The van der Waals surface area contributed by atoms with Gasteiger partial charge in [0.2, 0.25) is 0 Å². The van der Waals surface area contributed by atoms with E-state index in [0.29, 0.717) is 12.2 Å². The van der Waals surface area contributed by atoms with Gasteiger partial charge in [0, 0.05) is 17.1 Å². The van der Waals surface area contributed by atoms with E-state index in [9.17, 15) is 0 Å². The maximum absolute atomic E-state index is 8.59. The highest BCUT2D eigenvalue weighted by Crippen LogP contribution is 2.24. The molecule has 74 valence electrons. The van der Waals surface area contributed by atoms with E-state index in [0.717, 1.165) is 10.0 Å². The zero-order chi connectivity index (χ0) is 10.4. The molecule has 0 aliphatic rings. The molecule has 0 spiro atoms. The Bertz CT molecular complexity index is 346. The first-order chi connectivity index (χ1) is 6.77. The molecule has 0 amide bonds. The molecule has 0 aromatic heterocycles. The van der Waals surface area contributed by atoms with E-state index >= 15 is 0 Å². The van der Waals surface area contributed by atoms with Gasteiger partial charge in [0.15, 0.2) is 6.79 Å². The van der Waals surface area contributed by atoms with Crippen LogP contribution >= 0.6 is 15.9 Å². The van der Waals surface area contributed by atoms with E-state index in [1.54, 1.807) is 7.11 Å². The first-order valence-corrected chi connectivity index (χ1v) is 4.84. The first-order valence-electron chi connectivity index (χ1n) is 4.05. The van der Waals surface area contributed by atoms with Crippen LogP contribution < -0.4 is 4.74 Å². The molecule has 3 nitrogen and oxygen atoms in total. The van der Waals surface area contributed by atoms with Crippen LogP contribution in [0.5, 0.6) is 5.75 Å². The fourth-order valence-electron chi connectivity index (χ4n) is 1.02. The molecule has 0 atom stereocenters. The number of halogens is 1. The number of nitriles is 1. The quantitative estimate of drug-likeness (QED) is 0.777. The predicted molar refractivity (Wildman–Crippen MR) is 56.0 cm³/mol. The van der Waals surface area contributed by atoms with Gasteiger partial charge in [-0.05, 0) is 12.1 Å². The van der Waals surface area contributed by atoms with Crippen molar-refractivity contribution in [3.8, 4) is 11.8 Å². The molecule has 0 aliphatic heterocycles. The molecule has 1 aromatic rings. The summed E-state index contributed by atoms with van der Waals surface area (Å²) in [4.78, 5) is 0. The summed E-state index contributed by atoms with van der Waals surface area (Å²) in [7, 11) is 1.56. The average Bonchev–Trinajstić information content (AvgIpc) is 2.18. The van der Waals surface area contributed by atoms with Gasteiger partial charge in [-0.1, -0.05) is 22.0 Å². The Labute approximate surface area is 91.4 Å². The number of nitrogens with zero attached hydrogens (tertiary/aromatic N) is 1. The molecule has 0 radical (unpaired) electrons. The first kappa shape index (κ1) is 11.0. The van der Waals surface area contributed by atoms with E-state index in [1.165, 1.54) is 0 Å². The van der Waals surface area contributed by atoms with Gasteiger partial charge in [-0.15, -0.1) is 0 Å². The predicted octanol–water partition coefficient (Wildman–Crippen LogP) is 2.50. The van der Waals surface area contributed by atoms with Crippen molar-refractivity contribution < 1.29 is 9.47 Å². The van der Waals surface area contributed by atoms with Crippen LogP contribution in [0.1, 0.15) is 5.56 Å². The molecule has 0 fully saturated rings. The summed E-state index contributed by atoms with van der Waals surface area (Å²) in [5.74, 6) is 0.683. The largest absolute Gasteiger partial charge is 0.467 e. The Hall–Kier alpha value is -1.05. The molecule has 1 rings (SSSR count). The smallest absolute Gasteiger partial charge is 0.188 e. The Morgan fingerprint density at radius 1 is 1.50 bits per heavy atom. The lowest BCUT2D eigenvalue weighted by Gasteiger charge is -2.08. The van der Waals surface area contributed by atoms with Crippen LogP contribution in [-0.4, -0.2) is 13.9 Å². The number of ether oxygens (including phenoxy) is 2. The molecule has 4 heteroatoms. The zero-order valence-electron chi connectivity index (χ0n) is 7.79. The minimum absolute atomic E-state index is 0.189. The Morgan fingerprint density at radius 3 is 2.93 bits per heavy atom. The second-order valence-electron chi connectivity index (χ2n) is 2.64. The lowest BCUT2D eigenvalue weighted by molar-refractivity contribution is 0.0505. The van der Waals surface area contributed by atoms with Gasteiger partial charge >= 0.3 is 0 Å². The molecule has 0 saturated heterocycles. The molecule has 0 aliphatic carbocycles. The van der Waals surface area contributed by atoms with Crippen LogP contribution in [0.25, 0.3) is 0 Å². The third-order valence-electron chi connectivity index (χ3n) is 1.63. The Kier molecular flexibility index (Phi) is 4.44. The molecule has 1 aromatic carbocycles. The van der Waals surface area contributed by atoms with Crippen molar-refractivity contribution >= 4 is 15.9 Å². The Balaban J connectivity index is 2.86. The highest BCUT2D eigenvalue weighted by atomic mass is 79.9. The van der Waals surface area contributed by atoms with Crippen LogP contribution in [0.3, 0.4) is 0 Å². The van der Waals surface area contributed by atoms with E-state index < -0.39 is 0 Å². The summed E-state index contributed by atoms with van der Waals surface area (Å²) >= 11 is 3.34. The number of hydrogen-bond donors (Lipinski definition) is 0. The SMILES string of the molecule is COCOc1cc(Br)ccc1CC#N. The number of hydrogen-bond acceptors (Lipinski definition) is 3. The number of rotatable bonds is 4. The van der Waals surface area contributed by atoms with E-state index in [-0.39, 0.29) is 6.79 Å². The van der Waals surface area contributed by atoms with Gasteiger partial charge in [0.05, 0.1) is 12.5 Å². The van der Waals surface area contributed by atoms with Gasteiger partial charge in [0.25, 0.3) is 0 Å². The normalized spacial score (nSPS) is 9.50. The van der Waals surface area contributed by atoms with Crippen molar-refractivity contribution in [3.05, 3.63) is 28.2 Å². The van der Waals surface area contributed by atoms with Crippen molar-refractivity contribution in [2.24, 2.45) is 0 Å². The van der Waals surface area contributed by atoms with Crippen LogP contribution in [0.15, 0.2) is 22.7 Å². The lowest BCUT2D eigenvalue weighted by atomic mass is 10.1. The minimum Gasteiger partial charge on any atom is -0.467 e. The fourth-order valence-corrected chi connectivity index (χ4v) is 1.36. The topological polar surface area (TPSA) is 42.2 Å². The van der Waals surface area contributed by atoms with Gasteiger partial charge in [-0.3, -0.25) is 0 Å². The molecule has 0 unspecified atom stereocenters. The van der Waals surface area contributed by atoms with Gasteiger partial charge in [-0.25, -0.2) is 0 Å². The van der Waals surface area contributed by atoms with E-state index in [2.05, 4.69) is 22.0 Å². The van der Waals surface area contributed by atoms with E-state index in [4.69, 9.17) is 14.7 Å². The standard InChI is InChI=1S/C10H10BrNO2/c1-13-7-14-10-6-9(11)3-2-8(10)4-5-12/h2-3,6H,4,7H2,1H3. The Morgan fingerprint density at radius 2 is 2.29 bits per heavy atom. The average molecular weight is 256 g/mol. The molecular weight excluding hydrogens is 246 g/mol. The molecular formula is C10H10BrNO2. The monoisotopic (exact) mass is 255 g/mol. The van der Waals surface area contributed by atoms with Crippen molar-refractivity contribution in [2.45, 2.75) is 6.42 Å². The van der Waals surface area contributed by atoms with Gasteiger partial charge < -0.3 is 9.47 Å². The third kappa shape index (κ3) is 3.02. The van der Waals surface area contributed by atoms with Crippen LogP contribution in [0.2, 0.25) is 0 Å². The number of benzene rings is 1. The molecule has 0 heterocycles.